The number of carbonyl (C=O) groups excluding carboxylic acids is 6. The van der Waals surface area contributed by atoms with Crippen molar-refractivity contribution in [2.45, 2.75) is 115 Å². The molecule has 20 heteroatoms. The minimum atomic E-state index is -1.61. The average Bonchev–Trinajstić information content (AvgIpc) is 3.55. The van der Waals surface area contributed by atoms with Crippen LogP contribution >= 0.6 is 0 Å². The third kappa shape index (κ3) is 13.4. The number of nitrogens with zero attached hydrogens (tertiary/aromatic N) is 2. The Labute approximate surface area is 290 Å². The summed E-state index contributed by atoms with van der Waals surface area (Å²) in [6.07, 6.45) is -0.0480. The molecule has 0 aromatic heterocycles. The number of amides is 6. The second-order valence-corrected chi connectivity index (χ2v) is 12.4. The number of carboxylic acids is 1. The second kappa shape index (κ2) is 20.8. The number of aliphatic hydroxyl groups excluding tert-OH is 2. The van der Waals surface area contributed by atoms with Gasteiger partial charge in [0, 0.05) is 13.1 Å². The summed E-state index contributed by atoms with van der Waals surface area (Å²) in [5.74, 6) is -6.76. The fourth-order valence-electron chi connectivity index (χ4n) is 5.05. The zero-order valence-corrected chi connectivity index (χ0v) is 29.2. The molecular formula is C30H54N10O10. The van der Waals surface area contributed by atoms with Crippen molar-refractivity contribution in [3.8, 4) is 0 Å². The van der Waals surface area contributed by atoms with Gasteiger partial charge in [-0.3, -0.25) is 33.8 Å². The smallest absolute Gasteiger partial charge is 0.326 e. The lowest BCUT2D eigenvalue weighted by Crippen LogP contribution is -2.62. The van der Waals surface area contributed by atoms with Crippen LogP contribution in [0.1, 0.15) is 66.7 Å². The highest BCUT2D eigenvalue weighted by Gasteiger charge is 2.38. The highest BCUT2D eigenvalue weighted by atomic mass is 16.4. The van der Waals surface area contributed by atoms with Crippen molar-refractivity contribution in [2.75, 3.05) is 19.7 Å². The average molecular weight is 715 g/mol. The molecule has 0 bridgehead atoms. The summed E-state index contributed by atoms with van der Waals surface area (Å²) in [6, 6.07) is -8.82. The molecule has 0 aromatic rings. The van der Waals surface area contributed by atoms with Crippen LogP contribution in [0.15, 0.2) is 4.99 Å². The van der Waals surface area contributed by atoms with E-state index >= 15 is 0 Å². The van der Waals surface area contributed by atoms with Crippen LogP contribution in [-0.4, -0.2) is 136 Å². The molecule has 1 saturated heterocycles. The maximum absolute atomic E-state index is 13.6. The van der Waals surface area contributed by atoms with E-state index < -0.39 is 102 Å². The Morgan fingerprint density at radius 3 is 1.92 bits per heavy atom. The van der Waals surface area contributed by atoms with Crippen LogP contribution in [0.25, 0.3) is 0 Å². The fraction of sp³-hybridized carbons (Fsp3) is 0.733. The van der Waals surface area contributed by atoms with Crippen molar-refractivity contribution in [3.63, 3.8) is 0 Å². The SMILES string of the molecule is CC[C@H](C)[C@H](NC(=O)[C@H](CO)NC(=O)[C@@H](NC(=O)[C@H](C)N)[C@@H](C)O)C(=O)N[C@@H](CCCN=C(N)N)C(=O)N[C@@H](C)C(=O)N1CCC[C@H]1C(=O)O. The molecule has 6 amide bonds. The molecule has 9 atom stereocenters. The molecule has 0 unspecified atom stereocenters. The van der Waals surface area contributed by atoms with Crippen molar-refractivity contribution < 1.29 is 48.9 Å². The Bertz CT molecular complexity index is 1240. The van der Waals surface area contributed by atoms with Crippen molar-refractivity contribution in [1.29, 1.82) is 0 Å². The Balaban J connectivity index is 3.17. The molecule has 20 nitrogen and oxygen atoms in total. The molecule has 284 valence electrons. The van der Waals surface area contributed by atoms with Gasteiger partial charge in [-0.2, -0.15) is 0 Å². The molecule has 14 N–H and O–H groups in total. The predicted octanol–water partition coefficient (Wildman–Crippen LogP) is -4.67. The molecule has 1 aliphatic rings. The zero-order chi connectivity index (χ0) is 38.3. The third-order valence-electron chi connectivity index (χ3n) is 8.21. The Morgan fingerprint density at radius 2 is 1.40 bits per heavy atom. The van der Waals surface area contributed by atoms with E-state index in [1.807, 2.05) is 0 Å². The van der Waals surface area contributed by atoms with Crippen LogP contribution in [0, 0.1) is 5.92 Å². The lowest BCUT2D eigenvalue weighted by Gasteiger charge is -2.29. The highest BCUT2D eigenvalue weighted by molar-refractivity contribution is 5.97. The van der Waals surface area contributed by atoms with E-state index in [9.17, 15) is 48.9 Å². The van der Waals surface area contributed by atoms with E-state index in [0.29, 0.717) is 12.8 Å². The van der Waals surface area contributed by atoms with Gasteiger partial charge in [-0.15, -0.1) is 0 Å². The minimum Gasteiger partial charge on any atom is -0.480 e. The number of rotatable bonds is 20. The number of aliphatic carboxylic acids is 1. The second-order valence-electron chi connectivity index (χ2n) is 12.4. The summed E-state index contributed by atoms with van der Waals surface area (Å²) in [5, 5.41) is 41.5. The first-order valence-corrected chi connectivity index (χ1v) is 16.5. The molecule has 1 aliphatic heterocycles. The van der Waals surface area contributed by atoms with Gasteiger partial charge in [-0.1, -0.05) is 20.3 Å². The van der Waals surface area contributed by atoms with E-state index in [2.05, 4.69) is 31.6 Å². The number of hydrogen-bond acceptors (Lipinski definition) is 11. The molecule has 0 spiro atoms. The standard InChI is InChI=1S/C30H54N10O10/c1-6-14(2)21(38-25(45)19(13-41)37-27(47)22(17(5)42)39-23(43)15(3)31)26(46)36-18(9-7-11-34-30(32)33)24(44)35-16(4)28(48)40-12-8-10-20(40)29(49)50/h14-22,41-42H,6-13,31H2,1-5H3,(H,35,44)(H,36,46)(H,37,47)(H,38,45)(H,39,43)(H,49,50)(H4,32,33,34)/t14-,15-,16-,17+,18-,19-,20-,21-,22-/m0/s1. The summed E-state index contributed by atoms with van der Waals surface area (Å²) in [4.78, 5) is 94.9. The quantitative estimate of drug-likeness (QED) is 0.0321. The monoisotopic (exact) mass is 714 g/mol. The molecule has 0 radical (unpaired) electrons. The first-order chi connectivity index (χ1) is 23.4. The number of carbonyl (C=O) groups is 7. The van der Waals surface area contributed by atoms with Gasteiger partial charge < -0.3 is 64.0 Å². The van der Waals surface area contributed by atoms with Crippen LogP contribution in [0.2, 0.25) is 0 Å². The van der Waals surface area contributed by atoms with Crippen LogP contribution in [0.3, 0.4) is 0 Å². The Kier molecular flexibility index (Phi) is 18.1. The molecule has 0 aliphatic carbocycles. The van der Waals surface area contributed by atoms with Crippen molar-refractivity contribution >= 4 is 47.4 Å². The molecule has 0 aromatic carbocycles. The van der Waals surface area contributed by atoms with E-state index in [-0.39, 0.29) is 38.3 Å². The number of aliphatic imine (C=N–C) groups is 1. The van der Waals surface area contributed by atoms with Crippen molar-refractivity contribution in [2.24, 2.45) is 28.1 Å². The van der Waals surface area contributed by atoms with Gasteiger partial charge in [0.2, 0.25) is 35.4 Å². The van der Waals surface area contributed by atoms with E-state index in [0.717, 1.165) is 0 Å². The number of likely N-dealkylation sites (tertiary alicyclic amines) is 1. The highest BCUT2D eigenvalue weighted by Crippen LogP contribution is 2.18. The van der Waals surface area contributed by atoms with Gasteiger partial charge >= 0.3 is 5.97 Å². The number of nitrogens with one attached hydrogen (secondary N) is 5. The topological polar surface area (TPSA) is 334 Å². The van der Waals surface area contributed by atoms with E-state index in [4.69, 9.17) is 17.2 Å². The number of guanidine groups is 1. The predicted molar refractivity (Wildman–Crippen MR) is 179 cm³/mol. The molecular weight excluding hydrogens is 660 g/mol. The van der Waals surface area contributed by atoms with E-state index in [1.165, 1.54) is 25.7 Å². The van der Waals surface area contributed by atoms with Gasteiger partial charge in [0.15, 0.2) is 5.96 Å². The first kappa shape index (κ1) is 43.5. The summed E-state index contributed by atoms with van der Waals surface area (Å²) in [7, 11) is 0. The van der Waals surface area contributed by atoms with Gasteiger partial charge in [-0.25, -0.2) is 4.79 Å². The van der Waals surface area contributed by atoms with E-state index in [1.54, 1.807) is 13.8 Å². The maximum Gasteiger partial charge on any atom is 0.326 e. The van der Waals surface area contributed by atoms with Gasteiger partial charge in [0.1, 0.15) is 36.3 Å². The van der Waals surface area contributed by atoms with Crippen LogP contribution in [0.4, 0.5) is 0 Å². The summed E-state index contributed by atoms with van der Waals surface area (Å²) in [6.45, 7) is 6.77. The summed E-state index contributed by atoms with van der Waals surface area (Å²) < 4.78 is 0. The molecule has 0 saturated carbocycles. The fourth-order valence-corrected chi connectivity index (χ4v) is 5.05. The van der Waals surface area contributed by atoms with Crippen LogP contribution in [-0.2, 0) is 33.6 Å². The normalized spacial score (nSPS) is 18.9. The Morgan fingerprint density at radius 1 is 0.840 bits per heavy atom. The number of hydrogen-bond donors (Lipinski definition) is 11. The lowest BCUT2D eigenvalue weighted by molar-refractivity contribution is -0.149. The molecule has 50 heavy (non-hydrogen) atoms. The lowest BCUT2D eigenvalue weighted by atomic mass is 9.97. The van der Waals surface area contributed by atoms with Gasteiger partial charge in [-0.05, 0) is 52.4 Å². The first-order valence-electron chi connectivity index (χ1n) is 16.5. The zero-order valence-electron chi connectivity index (χ0n) is 29.2. The van der Waals surface area contributed by atoms with Crippen LogP contribution in [0.5, 0.6) is 0 Å². The van der Waals surface area contributed by atoms with Crippen LogP contribution < -0.4 is 43.8 Å². The van der Waals surface area contributed by atoms with Crippen molar-refractivity contribution in [1.82, 2.24) is 31.5 Å². The summed E-state index contributed by atoms with van der Waals surface area (Å²) >= 11 is 0. The third-order valence-corrected chi connectivity index (χ3v) is 8.21. The Hall–Kier alpha value is -4.56. The maximum atomic E-state index is 13.6. The summed E-state index contributed by atoms with van der Waals surface area (Å²) in [5.41, 5.74) is 16.3. The molecule has 1 rings (SSSR count). The molecule has 1 fully saturated rings. The number of aliphatic hydroxyl groups is 2. The number of carboxylic acid groups (broad SMARTS) is 1. The van der Waals surface area contributed by atoms with Gasteiger partial charge in [0.25, 0.3) is 0 Å². The number of nitrogens with two attached hydrogens (primary N) is 3. The minimum absolute atomic E-state index is 0.00109. The van der Waals surface area contributed by atoms with Crippen molar-refractivity contribution in [3.05, 3.63) is 0 Å². The largest absolute Gasteiger partial charge is 0.480 e. The molecule has 1 heterocycles. The van der Waals surface area contributed by atoms with Gasteiger partial charge in [0.05, 0.1) is 18.8 Å².